The van der Waals surface area contributed by atoms with Crippen LogP contribution in [-0.4, -0.2) is 9.97 Å². The van der Waals surface area contributed by atoms with E-state index in [4.69, 9.17) is 11.6 Å². The highest BCUT2D eigenvalue weighted by atomic mass is 35.5. The van der Waals surface area contributed by atoms with Gasteiger partial charge in [-0.1, -0.05) is 30.2 Å². The van der Waals surface area contributed by atoms with Gasteiger partial charge in [0.25, 0.3) is 0 Å². The minimum Gasteiger partial charge on any atom is -0.227 e. The molecule has 3 rings (SSSR count). The SMILES string of the molecule is CCc1ccc(-c2nc(Cl)c3cc(C)ccc3n2)s1. The molecule has 3 aromatic rings. The summed E-state index contributed by atoms with van der Waals surface area (Å²) in [6.45, 7) is 4.18. The lowest BCUT2D eigenvalue weighted by Crippen LogP contribution is -1.90. The van der Waals surface area contributed by atoms with E-state index in [-0.39, 0.29) is 0 Å². The number of fused-ring (bicyclic) bond motifs is 1. The van der Waals surface area contributed by atoms with Crippen LogP contribution in [0.15, 0.2) is 30.3 Å². The van der Waals surface area contributed by atoms with Gasteiger partial charge in [0.1, 0.15) is 5.15 Å². The van der Waals surface area contributed by atoms with E-state index in [9.17, 15) is 0 Å². The van der Waals surface area contributed by atoms with Crippen LogP contribution >= 0.6 is 22.9 Å². The van der Waals surface area contributed by atoms with E-state index in [1.807, 2.05) is 25.1 Å². The number of benzene rings is 1. The molecule has 0 bridgehead atoms. The zero-order valence-electron chi connectivity index (χ0n) is 10.8. The maximum absolute atomic E-state index is 6.28. The van der Waals surface area contributed by atoms with Crippen molar-refractivity contribution in [2.75, 3.05) is 0 Å². The number of rotatable bonds is 2. The van der Waals surface area contributed by atoms with Crippen LogP contribution in [0.5, 0.6) is 0 Å². The molecular weight excluding hydrogens is 276 g/mol. The highest BCUT2D eigenvalue weighted by Crippen LogP contribution is 2.29. The molecule has 0 aliphatic heterocycles. The number of aryl methyl sites for hydroxylation is 2. The van der Waals surface area contributed by atoms with E-state index >= 15 is 0 Å². The molecule has 0 spiro atoms. The Hall–Kier alpha value is -1.45. The number of thiophene rings is 1. The van der Waals surface area contributed by atoms with Crippen molar-refractivity contribution in [1.82, 2.24) is 9.97 Å². The molecule has 2 heterocycles. The average Bonchev–Trinajstić information content (AvgIpc) is 2.88. The van der Waals surface area contributed by atoms with Crippen molar-refractivity contribution in [2.45, 2.75) is 20.3 Å². The summed E-state index contributed by atoms with van der Waals surface area (Å²) in [6, 6.07) is 10.2. The van der Waals surface area contributed by atoms with Crippen molar-refractivity contribution < 1.29 is 0 Å². The first kappa shape index (κ1) is 12.6. The molecule has 0 unspecified atom stereocenters. The summed E-state index contributed by atoms with van der Waals surface area (Å²) < 4.78 is 0. The molecule has 4 heteroatoms. The van der Waals surface area contributed by atoms with Gasteiger partial charge >= 0.3 is 0 Å². The normalized spacial score (nSPS) is 11.1. The maximum Gasteiger partial charge on any atom is 0.171 e. The fraction of sp³-hybridized carbons (Fsp3) is 0.200. The minimum atomic E-state index is 0.523. The Morgan fingerprint density at radius 1 is 1.16 bits per heavy atom. The molecule has 2 nitrogen and oxygen atoms in total. The van der Waals surface area contributed by atoms with Gasteiger partial charge in [0.05, 0.1) is 10.4 Å². The van der Waals surface area contributed by atoms with E-state index in [0.29, 0.717) is 11.0 Å². The highest BCUT2D eigenvalue weighted by Gasteiger charge is 2.10. The summed E-state index contributed by atoms with van der Waals surface area (Å²) >= 11 is 8.00. The maximum atomic E-state index is 6.28. The predicted octanol–water partition coefficient (Wildman–Crippen LogP) is 4.88. The first-order valence-electron chi connectivity index (χ1n) is 6.20. The molecule has 0 N–H and O–H groups in total. The molecule has 0 atom stereocenters. The second kappa shape index (κ2) is 4.91. The third-order valence-corrected chi connectivity index (χ3v) is 4.55. The van der Waals surface area contributed by atoms with Crippen LogP contribution in [0.25, 0.3) is 21.6 Å². The summed E-state index contributed by atoms with van der Waals surface area (Å²) in [5.74, 6) is 0.714. The lowest BCUT2D eigenvalue weighted by Gasteiger charge is -2.03. The van der Waals surface area contributed by atoms with Crippen molar-refractivity contribution in [3.8, 4) is 10.7 Å². The first-order chi connectivity index (χ1) is 9.17. The van der Waals surface area contributed by atoms with Crippen molar-refractivity contribution in [2.24, 2.45) is 0 Å². The van der Waals surface area contributed by atoms with Gasteiger partial charge in [-0.3, -0.25) is 0 Å². The predicted molar refractivity (Wildman–Crippen MR) is 82.0 cm³/mol. The van der Waals surface area contributed by atoms with E-state index < -0.39 is 0 Å². The van der Waals surface area contributed by atoms with Crippen LogP contribution < -0.4 is 0 Å². The monoisotopic (exact) mass is 288 g/mol. The average molecular weight is 289 g/mol. The number of hydrogen-bond donors (Lipinski definition) is 0. The molecule has 96 valence electrons. The first-order valence-corrected chi connectivity index (χ1v) is 7.40. The summed E-state index contributed by atoms with van der Waals surface area (Å²) in [4.78, 5) is 11.4. The Labute approximate surface area is 121 Å². The van der Waals surface area contributed by atoms with Crippen LogP contribution in [0, 0.1) is 6.92 Å². The summed E-state index contributed by atoms with van der Waals surface area (Å²) in [5.41, 5.74) is 2.06. The van der Waals surface area contributed by atoms with Gasteiger partial charge in [-0.05, 0) is 37.6 Å². The lowest BCUT2D eigenvalue weighted by atomic mass is 10.2. The highest BCUT2D eigenvalue weighted by molar-refractivity contribution is 7.15. The Kier molecular flexibility index (Phi) is 3.25. The van der Waals surface area contributed by atoms with E-state index in [1.165, 1.54) is 4.88 Å². The van der Waals surface area contributed by atoms with Gasteiger partial charge in [-0.15, -0.1) is 11.3 Å². The van der Waals surface area contributed by atoms with Gasteiger partial charge < -0.3 is 0 Å². The summed E-state index contributed by atoms with van der Waals surface area (Å²) in [6.07, 6.45) is 1.03. The zero-order valence-corrected chi connectivity index (χ0v) is 12.3. The molecule has 0 amide bonds. The molecule has 0 aliphatic rings. The van der Waals surface area contributed by atoms with Crippen LogP contribution in [0.4, 0.5) is 0 Å². The smallest absolute Gasteiger partial charge is 0.171 e. The third-order valence-electron chi connectivity index (χ3n) is 3.04. The van der Waals surface area contributed by atoms with Crippen LogP contribution in [-0.2, 0) is 6.42 Å². The van der Waals surface area contributed by atoms with Gasteiger partial charge in [0, 0.05) is 10.3 Å². The van der Waals surface area contributed by atoms with Crippen molar-refractivity contribution >= 4 is 33.8 Å². The van der Waals surface area contributed by atoms with Crippen molar-refractivity contribution in [3.05, 3.63) is 45.9 Å². The van der Waals surface area contributed by atoms with Gasteiger partial charge in [-0.2, -0.15) is 0 Å². The number of aromatic nitrogens is 2. The largest absolute Gasteiger partial charge is 0.227 e. The van der Waals surface area contributed by atoms with Gasteiger partial charge in [-0.25, -0.2) is 9.97 Å². The van der Waals surface area contributed by atoms with Gasteiger partial charge in [0.15, 0.2) is 5.82 Å². The fourth-order valence-corrected chi connectivity index (χ4v) is 3.12. The molecule has 0 radical (unpaired) electrons. The van der Waals surface area contributed by atoms with Crippen LogP contribution in [0.2, 0.25) is 5.15 Å². The van der Waals surface area contributed by atoms with Crippen LogP contribution in [0.1, 0.15) is 17.4 Å². The molecule has 2 aromatic heterocycles. The minimum absolute atomic E-state index is 0.523. The van der Waals surface area contributed by atoms with Crippen molar-refractivity contribution in [3.63, 3.8) is 0 Å². The Balaban J connectivity index is 2.17. The lowest BCUT2D eigenvalue weighted by molar-refractivity contribution is 1.19. The van der Waals surface area contributed by atoms with E-state index in [2.05, 4.69) is 29.0 Å². The molecule has 0 saturated carbocycles. The second-order valence-corrected chi connectivity index (χ2v) is 6.00. The molecule has 0 fully saturated rings. The number of halogens is 1. The fourth-order valence-electron chi connectivity index (χ4n) is 2.00. The number of nitrogens with zero attached hydrogens (tertiary/aromatic N) is 2. The summed E-state index contributed by atoms with van der Waals surface area (Å²) in [5, 5.41) is 1.44. The molecular formula is C15H13ClN2S. The van der Waals surface area contributed by atoms with E-state index in [1.54, 1.807) is 11.3 Å². The molecule has 1 aromatic carbocycles. The van der Waals surface area contributed by atoms with E-state index in [0.717, 1.165) is 27.8 Å². The molecule has 0 saturated heterocycles. The van der Waals surface area contributed by atoms with Crippen LogP contribution in [0.3, 0.4) is 0 Å². The third kappa shape index (κ3) is 2.36. The zero-order chi connectivity index (χ0) is 13.4. The standard InChI is InChI=1S/C15H13ClN2S/c1-3-10-5-7-13(19-10)15-17-12-6-4-9(2)8-11(12)14(16)18-15/h4-8H,3H2,1-2H3. The summed E-state index contributed by atoms with van der Waals surface area (Å²) in [7, 11) is 0. The Morgan fingerprint density at radius 3 is 2.74 bits per heavy atom. The number of hydrogen-bond acceptors (Lipinski definition) is 3. The topological polar surface area (TPSA) is 25.8 Å². The van der Waals surface area contributed by atoms with Gasteiger partial charge in [0.2, 0.25) is 0 Å². The Morgan fingerprint density at radius 2 is 2.00 bits per heavy atom. The molecule has 19 heavy (non-hydrogen) atoms. The quantitative estimate of drug-likeness (QED) is 0.628. The Bertz CT molecular complexity index is 749. The van der Waals surface area contributed by atoms with Crippen molar-refractivity contribution in [1.29, 1.82) is 0 Å². The second-order valence-electron chi connectivity index (χ2n) is 4.48. The molecule has 0 aliphatic carbocycles.